The number of ether oxygens (including phenoxy) is 1. The number of hydrogen-bond acceptors (Lipinski definition) is 4. The van der Waals surface area contributed by atoms with Gasteiger partial charge >= 0.3 is 0 Å². The Hall–Kier alpha value is -3.86. The highest BCUT2D eigenvalue weighted by atomic mass is 16.5. The van der Waals surface area contributed by atoms with E-state index in [-0.39, 0.29) is 0 Å². The zero-order valence-corrected chi connectivity index (χ0v) is 15.8. The molecule has 142 valence electrons. The molecule has 0 atom stereocenters. The molecular formula is C24H20N4O. The van der Waals surface area contributed by atoms with Gasteiger partial charge in [0.05, 0.1) is 6.54 Å². The zero-order chi connectivity index (χ0) is 19.5. The van der Waals surface area contributed by atoms with Gasteiger partial charge in [0, 0.05) is 29.5 Å². The maximum Gasteiger partial charge on any atom is 0.235 e. The predicted octanol–water partition coefficient (Wildman–Crippen LogP) is 5.12. The van der Waals surface area contributed by atoms with Crippen molar-refractivity contribution in [3.05, 3.63) is 103 Å². The Morgan fingerprint density at radius 2 is 1.59 bits per heavy atom. The van der Waals surface area contributed by atoms with Gasteiger partial charge in [0.2, 0.25) is 5.90 Å². The average molecular weight is 380 g/mol. The summed E-state index contributed by atoms with van der Waals surface area (Å²) in [5.41, 5.74) is 3.91. The van der Waals surface area contributed by atoms with E-state index in [1.807, 2.05) is 60.9 Å². The predicted molar refractivity (Wildman–Crippen MR) is 116 cm³/mol. The van der Waals surface area contributed by atoms with E-state index in [9.17, 15) is 0 Å². The van der Waals surface area contributed by atoms with Crippen LogP contribution in [-0.4, -0.2) is 28.6 Å². The van der Waals surface area contributed by atoms with Crippen LogP contribution in [0.3, 0.4) is 0 Å². The van der Waals surface area contributed by atoms with Gasteiger partial charge in [0.25, 0.3) is 0 Å². The molecule has 0 saturated heterocycles. The highest BCUT2D eigenvalue weighted by molar-refractivity contribution is 5.93. The van der Waals surface area contributed by atoms with E-state index in [0.717, 1.165) is 28.6 Å². The molecule has 2 aromatic carbocycles. The Labute approximate surface area is 169 Å². The molecule has 0 amide bonds. The number of hydrogen-bond donors (Lipinski definition) is 0. The Morgan fingerprint density at radius 1 is 0.793 bits per heavy atom. The first kappa shape index (κ1) is 17.3. The maximum atomic E-state index is 5.62. The molecule has 1 aliphatic rings. The minimum atomic E-state index is 0.612. The second-order valence-electron chi connectivity index (χ2n) is 6.70. The topological polar surface area (TPSA) is 42.7 Å². The van der Waals surface area contributed by atoms with E-state index < -0.39 is 0 Å². The molecular weight excluding hydrogens is 360 g/mol. The van der Waals surface area contributed by atoms with E-state index in [1.54, 1.807) is 0 Å². The lowest BCUT2D eigenvalue weighted by Gasteiger charge is -2.25. The maximum absolute atomic E-state index is 5.62. The Bertz CT molecular complexity index is 1140. The minimum Gasteiger partial charge on any atom is -0.474 e. The first-order valence-electron chi connectivity index (χ1n) is 9.62. The summed E-state index contributed by atoms with van der Waals surface area (Å²) < 4.78 is 7.71. The van der Waals surface area contributed by atoms with Crippen LogP contribution in [0.1, 0.15) is 5.69 Å². The third-order valence-corrected chi connectivity index (χ3v) is 4.77. The van der Waals surface area contributed by atoms with Crippen molar-refractivity contribution in [2.45, 2.75) is 0 Å². The molecule has 0 radical (unpaired) electrons. The van der Waals surface area contributed by atoms with Gasteiger partial charge in [-0.05, 0) is 54.6 Å². The van der Waals surface area contributed by atoms with Crippen molar-refractivity contribution in [2.24, 2.45) is 4.99 Å². The number of aliphatic imine (C=N–C) groups is 1. The van der Waals surface area contributed by atoms with Crippen molar-refractivity contribution < 1.29 is 4.74 Å². The molecule has 5 nitrogen and oxygen atoms in total. The quantitative estimate of drug-likeness (QED) is 0.483. The Kier molecular flexibility index (Phi) is 4.54. The fourth-order valence-electron chi connectivity index (χ4n) is 3.45. The summed E-state index contributed by atoms with van der Waals surface area (Å²) in [7, 11) is 0. The molecule has 4 aromatic rings. The summed E-state index contributed by atoms with van der Waals surface area (Å²) in [4.78, 5) is 11.4. The number of rotatable bonds is 5. The molecule has 3 heterocycles. The number of aromatic nitrogens is 2. The molecule has 29 heavy (non-hydrogen) atoms. The molecule has 2 aromatic heterocycles. The molecule has 1 aliphatic heterocycles. The molecule has 5 heteroatoms. The van der Waals surface area contributed by atoms with Crippen molar-refractivity contribution in [3.63, 3.8) is 0 Å². The summed E-state index contributed by atoms with van der Waals surface area (Å²) in [6.45, 7) is 1.30. The first-order valence-corrected chi connectivity index (χ1v) is 9.62. The normalized spacial score (nSPS) is 13.0. The lowest BCUT2D eigenvalue weighted by Crippen LogP contribution is -2.14. The van der Waals surface area contributed by atoms with Crippen LogP contribution in [0.5, 0.6) is 0 Å². The average Bonchev–Trinajstić information content (AvgIpc) is 3.50. The van der Waals surface area contributed by atoms with Crippen LogP contribution >= 0.6 is 0 Å². The molecule has 0 N–H and O–H groups in total. The van der Waals surface area contributed by atoms with Crippen LogP contribution in [-0.2, 0) is 4.74 Å². The van der Waals surface area contributed by atoms with Crippen molar-refractivity contribution in [3.8, 4) is 5.69 Å². The van der Waals surface area contributed by atoms with Crippen LogP contribution < -0.4 is 4.90 Å². The molecule has 0 saturated carbocycles. The fraction of sp³-hybridized carbons (Fsp3) is 0.0833. The molecule has 0 aliphatic carbocycles. The van der Waals surface area contributed by atoms with Crippen LogP contribution in [0.2, 0.25) is 0 Å². The van der Waals surface area contributed by atoms with E-state index >= 15 is 0 Å². The summed E-state index contributed by atoms with van der Waals surface area (Å²) in [5.74, 6) is 1.43. The van der Waals surface area contributed by atoms with Gasteiger partial charge < -0.3 is 9.30 Å². The lowest BCUT2D eigenvalue weighted by molar-refractivity contribution is 0.347. The summed E-state index contributed by atoms with van der Waals surface area (Å²) in [6, 6.07) is 28.6. The van der Waals surface area contributed by atoms with Gasteiger partial charge in [-0.1, -0.05) is 30.3 Å². The summed E-state index contributed by atoms with van der Waals surface area (Å²) in [6.07, 6.45) is 4.08. The number of pyridine rings is 1. The highest BCUT2D eigenvalue weighted by Crippen LogP contribution is 2.34. The lowest BCUT2D eigenvalue weighted by atomic mass is 10.2. The number of para-hydroxylation sites is 1. The van der Waals surface area contributed by atoms with Crippen LogP contribution in [0.15, 0.2) is 102 Å². The van der Waals surface area contributed by atoms with E-state index in [0.29, 0.717) is 19.0 Å². The van der Waals surface area contributed by atoms with Crippen molar-refractivity contribution in [2.75, 3.05) is 18.1 Å². The van der Waals surface area contributed by atoms with E-state index in [4.69, 9.17) is 9.72 Å². The SMILES string of the molecule is c1ccc(N(c2cccc(-n3cccc3)c2)c2cccc(C3=NCCO3)n2)cc1. The summed E-state index contributed by atoms with van der Waals surface area (Å²) >= 11 is 0. The second kappa shape index (κ2) is 7.64. The molecule has 0 fully saturated rings. The Balaban J connectivity index is 1.62. The number of nitrogens with zero attached hydrogens (tertiary/aromatic N) is 4. The van der Waals surface area contributed by atoms with Gasteiger partial charge in [0.15, 0.2) is 0 Å². The van der Waals surface area contributed by atoms with Crippen LogP contribution in [0.4, 0.5) is 17.2 Å². The second-order valence-corrected chi connectivity index (χ2v) is 6.70. The first-order chi connectivity index (χ1) is 14.4. The van der Waals surface area contributed by atoms with Gasteiger partial charge in [-0.25, -0.2) is 9.98 Å². The van der Waals surface area contributed by atoms with Gasteiger partial charge in [-0.3, -0.25) is 4.90 Å². The molecule has 0 spiro atoms. The van der Waals surface area contributed by atoms with Gasteiger partial charge in [-0.15, -0.1) is 0 Å². The minimum absolute atomic E-state index is 0.612. The van der Waals surface area contributed by atoms with Crippen molar-refractivity contribution in [1.29, 1.82) is 0 Å². The number of benzene rings is 2. The third-order valence-electron chi connectivity index (χ3n) is 4.77. The van der Waals surface area contributed by atoms with Crippen LogP contribution in [0.25, 0.3) is 5.69 Å². The zero-order valence-electron chi connectivity index (χ0n) is 15.8. The fourth-order valence-corrected chi connectivity index (χ4v) is 3.45. The molecule has 5 rings (SSSR count). The van der Waals surface area contributed by atoms with E-state index in [2.05, 4.69) is 50.9 Å². The van der Waals surface area contributed by atoms with Crippen molar-refractivity contribution in [1.82, 2.24) is 9.55 Å². The monoisotopic (exact) mass is 380 g/mol. The van der Waals surface area contributed by atoms with Gasteiger partial charge in [-0.2, -0.15) is 0 Å². The smallest absolute Gasteiger partial charge is 0.235 e. The largest absolute Gasteiger partial charge is 0.474 e. The van der Waals surface area contributed by atoms with E-state index in [1.165, 1.54) is 0 Å². The standard InChI is InChI=1S/C24H20N4O/c1-2-8-19(9-3-1)28(21-11-6-10-20(18-21)27-15-4-5-16-27)23-13-7-12-22(26-23)24-25-14-17-29-24/h1-13,15-16,18H,14,17H2. The highest BCUT2D eigenvalue weighted by Gasteiger charge is 2.17. The summed E-state index contributed by atoms with van der Waals surface area (Å²) in [5, 5.41) is 0. The van der Waals surface area contributed by atoms with Crippen molar-refractivity contribution >= 4 is 23.1 Å². The number of anilines is 3. The van der Waals surface area contributed by atoms with Gasteiger partial charge in [0.1, 0.15) is 18.1 Å². The van der Waals surface area contributed by atoms with Crippen LogP contribution in [0, 0.1) is 0 Å². The Morgan fingerprint density at radius 3 is 2.38 bits per heavy atom. The molecule has 0 unspecified atom stereocenters. The third kappa shape index (κ3) is 3.50. The molecule has 0 bridgehead atoms.